The van der Waals surface area contributed by atoms with Gasteiger partial charge in [0.1, 0.15) is 0 Å². The van der Waals surface area contributed by atoms with Gasteiger partial charge in [-0.2, -0.15) is 0 Å². The van der Waals surface area contributed by atoms with Crippen molar-refractivity contribution in [3.63, 3.8) is 0 Å². The minimum absolute atomic E-state index is 0.177. The average Bonchev–Trinajstić information content (AvgIpc) is 2.34. The fourth-order valence-electron chi connectivity index (χ4n) is 1.35. The van der Waals surface area contributed by atoms with Gasteiger partial charge in [0, 0.05) is 19.3 Å². The van der Waals surface area contributed by atoms with Gasteiger partial charge in [0.15, 0.2) is 0 Å². The molecule has 0 amide bonds. The summed E-state index contributed by atoms with van der Waals surface area (Å²) in [6.07, 6.45) is 4.69. The molecule has 0 unspecified atom stereocenters. The second-order valence-electron chi connectivity index (χ2n) is 4.71. The Hall–Kier alpha value is -1.32. The molecule has 4 heteroatoms. The van der Waals surface area contributed by atoms with Gasteiger partial charge in [0.25, 0.3) is 0 Å². The van der Waals surface area contributed by atoms with Crippen LogP contribution in [0.3, 0.4) is 0 Å². The lowest BCUT2D eigenvalue weighted by Crippen LogP contribution is -2.08. The van der Waals surface area contributed by atoms with Crippen molar-refractivity contribution in [2.75, 3.05) is 13.2 Å². The highest BCUT2D eigenvalue weighted by molar-refractivity contribution is 5.70. The second-order valence-corrected chi connectivity index (χ2v) is 4.71. The fourth-order valence-corrected chi connectivity index (χ4v) is 1.35. The van der Waals surface area contributed by atoms with Crippen molar-refractivity contribution in [3.05, 3.63) is 12.2 Å². The Labute approximate surface area is 116 Å². The topological polar surface area (TPSA) is 52.6 Å². The molecule has 110 valence electrons. The summed E-state index contributed by atoms with van der Waals surface area (Å²) >= 11 is 0. The van der Waals surface area contributed by atoms with E-state index in [0.29, 0.717) is 45.3 Å². The van der Waals surface area contributed by atoms with Crippen molar-refractivity contribution >= 4 is 11.9 Å². The van der Waals surface area contributed by atoms with E-state index >= 15 is 0 Å². The highest BCUT2D eigenvalue weighted by atomic mass is 16.5. The SMILES string of the molecule is C=C(C)CCOC(=O)CCCCC(=O)OCCCC. The second kappa shape index (κ2) is 11.8. The third-order valence-corrected chi connectivity index (χ3v) is 2.56. The van der Waals surface area contributed by atoms with Crippen molar-refractivity contribution < 1.29 is 19.1 Å². The monoisotopic (exact) mass is 270 g/mol. The summed E-state index contributed by atoms with van der Waals surface area (Å²) in [5.41, 5.74) is 1.00. The van der Waals surface area contributed by atoms with Crippen LogP contribution in [0.4, 0.5) is 0 Å². The molecule has 19 heavy (non-hydrogen) atoms. The highest BCUT2D eigenvalue weighted by Crippen LogP contribution is 2.04. The zero-order chi connectivity index (χ0) is 14.5. The molecule has 0 heterocycles. The molecule has 0 aliphatic carbocycles. The Balaban J connectivity index is 3.39. The molecule has 0 bridgehead atoms. The van der Waals surface area contributed by atoms with Gasteiger partial charge >= 0.3 is 11.9 Å². The third-order valence-electron chi connectivity index (χ3n) is 2.56. The molecular weight excluding hydrogens is 244 g/mol. The van der Waals surface area contributed by atoms with E-state index in [9.17, 15) is 9.59 Å². The van der Waals surface area contributed by atoms with Crippen LogP contribution in [0.2, 0.25) is 0 Å². The lowest BCUT2D eigenvalue weighted by Gasteiger charge is -2.05. The van der Waals surface area contributed by atoms with Gasteiger partial charge in [-0.05, 0) is 26.2 Å². The quantitative estimate of drug-likeness (QED) is 0.328. The maximum absolute atomic E-state index is 11.3. The molecule has 0 aliphatic heterocycles. The summed E-state index contributed by atoms with van der Waals surface area (Å²) in [6, 6.07) is 0. The molecule has 0 saturated carbocycles. The molecule has 0 aliphatic rings. The standard InChI is InChI=1S/C15H26O4/c1-4-5-11-18-14(16)8-6-7-9-15(17)19-12-10-13(2)3/h2,4-12H2,1,3H3. The van der Waals surface area contributed by atoms with Crippen LogP contribution in [0.25, 0.3) is 0 Å². The van der Waals surface area contributed by atoms with Gasteiger partial charge in [-0.15, -0.1) is 6.58 Å². The minimum atomic E-state index is -0.208. The number of ether oxygens (including phenoxy) is 2. The predicted molar refractivity (Wildman–Crippen MR) is 74.7 cm³/mol. The Kier molecular flexibility index (Phi) is 10.9. The first kappa shape index (κ1) is 17.7. The largest absolute Gasteiger partial charge is 0.466 e. The maximum Gasteiger partial charge on any atom is 0.305 e. The number of rotatable bonds is 11. The number of unbranched alkanes of at least 4 members (excludes halogenated alkanes) is 2. The molecule has 0 aromatic carbocycles. The van der Waals surface area contributed by atoms with E-state index < -0.39 is 0 Å². The lowest BCUT2D eigenvalue weighted by atomic mass is 10.2. The number of carbonyl (C=O) groups excluding carboxylic acids is 2. The molecular formula is C15H26O4. The number of hydrogen-bond acceptors (Lipinski definition) is 4. The van der Waals surface area contributed by atoms with Gasteiger partial charge in [0.2, 0.25) is 0 Å². The van der Waals surface area contributed by atoms with Crippen LogP contribution in [0.15, 0.2) is 12.2 Å². The molecule has 0 spiro atoms. The van der Waals surface area contributed by atoms with Crippen LogP contribution in [0.5, 0.6) is 0 Å². The Morgan fingerprint density at radius 1 is 0.895 bits per heavy atom. The van der Waals surface area contributed by atoms with Gasteiger partial charge in [0.05, 0.1) is 13.2 Å². The zero-order valence-corrected chi connectivity index (χ0v) is 12.2. The predicted octanol–water partition coefficient (Wildman–Crippen LogP) is 3.40. The molecule has 0 atom stereocenters. The first-order chi connectivity index (χ1) is 9.06. The van der Waals surface area contributed by atoms with Crippen LogP contribution < -0.4 is 0 Å². The summed E-state index contributed by atoms with van der Waals surface area (Å²) in [5.74, 6) is -0.385. The van der Waals surface area contributed by atoms with Crippen LogP contribution in [0.1, 0.15) is 58.8 Å². The summed E-state index contributed by atoms with van der Waals surface area (Å²) in [4.78, 5) is 22.6. The molecule has 0 saturated heterocycles. The summed E-state index contributed by atoms with van der Waals surface area (Å²) in [5, 5.41) is 0. The smallest absolute Gasteiger partial charge is 0.305 e. The van der Waals surface area contributed by atoms with Crippen molar-refractivity contribution in [2.24, 2.45) is 0 Å². The summed E-state index contributed by atoms with van der Waals surface area (Å²) in [7, 11) is 0. The summed E-state index contributed by atoms with van der Waals surface area (Å²) in [6.45, 7) is 8.58. The van der Waals surface area contributed by atoms with E-state index in [-0.39, 0.29) is 11.9 Å². The van der Waals surface area contributed by atoms with Crippen LogP contribution in [-0.2, 0) is 19.1 Å². The van der Waals surface area contributed by atoms with Gasteiger partial charge < -0.3 is 9.47 Å². The van der Waals surface area contributed by atoms with Gasteiger partial charge in [-0.1, -0.05) is 18.9 Å². The van der Waals surface area contributed by atoms with Gasteiger partial charge in [-0.3, -0.25) is 9.59 Å². The normalized spacial score (nSPS) is 10.0. The summed E-state index contributed by atoms with van der Waals surface area (Å²) < 4.78 is 10.0. The van der Waals surface area contributed by atoms with Crippen LogP contribution in [0, 0.1) is 0 Å². The molecule has 0 radical (unpaired) electrons. The van der Waals surface area contributed by atoms with Crippen molar-refractivity contribution in [1.29, 1.82) is 0 Å². The maximum atomic E-state index is 11.3. The van der Waals surface area contributed by atoms with Crippen LogP contribution in [-0.4, -0.2) is 25.2 Å². The Bertz CT molecular complexity index is 284. The number of hydrogen-bond donors (Lipinski definition) is 0. The van der Waals surface area contributed by atoms with Crippen molar-refractivity contribution in [1.82, 2.24) is 0 Å². The molecule has 0 aromatic heterocycles. The van der Waals surface area contributed by atoms with E-state index in [1.54, 1.807) is 0 Å². The molecule has 4 nitrogen and oxygen atoms in total. The van der Waals surface area contributed by atoms with E-state index in [1.807, 2.05) is 13.8 Å². The zero-order valence-electron chi connectivity index (χ0n) is 12.2. The average molecular weight is 270 g/mol. The van der Waals surface area contributed by atoms with Crippen LogP contribution >= 0.6 is 0 Å². The molecule has 0 fully saturated rings. The highest BCUT2D eigenvalue weighted by Gasteiger charge is 2.05. The number of esters is 2. The Morgan fingerprint density at radius 3 is 1.89 bits per heavy atom. The number of carbonyl (C=O) groups is 2. The van der Waals surface area contributed by atoms with Crippen molar-refractivity contribution in [3.8, 4) is 0 Å². The lowest BCUT2D eigenvalue weighted by molar-refractivity contribution is -0.145. The fraction of sp³-hybridized carbons (Fsp3) is 0.733. The van der Waals surface area contributed by atoms with E-state index in [4.69, 9.17) is 9.47 Å². The third kappa shape index (κ3) is 12.9. The van der Waals surface area contributed by atoms with Crippen molar-refractivity contribution in [2.45, 2.75) is 58.8 Å². The van der Waals surface area contributed by atoms with E-state index in [0.717, 1.165) is 18.4 Å². The minimum Gasteiger partial charge on any atom is -0.466 e. The van der Waals surface area contributed by atoms with Gasteiger partial charge in [-0.25, -0.2) is 0 Å². The molecule has 0 rings (SSSR count). The first-order valence-electron chi connectivity index (χ1n) is 7.02. The van der Waals surface area contributed by atoms with E-state index in [2.05, 4.69) is 6.58 Å². The van der Waals surface area contributed by atoms with E-state index in [1.165, 1.54) is 0 Å². The molecule has 0 N–H and O–H groups in total. The Morgan fingerprint density at radius 2 is 1.42 bits per heavy atom. The molecule has 0 aromatic rings. The first-order valence-corrected chi connectivity index (χ1v) is 7.02.